The van der Waals surface area contributed by atoms with Crippen LogP contribution in [-0.2, 0) is 11.2 Å². The number of hydrogen-bond acceptors (Lipinski definition) is 3. The van der Waals surface area contributed by atoms with Crippen LogP contribution < -0.4 is 11.1 Å². The number of aryl methyl sites for hydroxylation is 1. The third-order valence-corrected chi connectivity index (χ3v) is 4.60. The molecular weight excluding hydrogens is 290 g/mol. The Morgan fingerprint density at radius 2 is 2.17 bits per heavy atom. The van der Waals surface area contributed by atoms with Crippen molar-refractivity contribution < 1.29 is 9.53 Å². The lowest BCUT2D eigenvalue weighted by molar-refractivity contribution is 0.0906. The molecule has 0 spiro atoms. The van der Waals surface area contributed by atoms with Crippen LogP contribution in [0, 0.1) is 0 Å². The topological polar surface area (TPSA) is 67.6 Å². The number of hydrogen-bond donors (Lipinski definition) is 2. The van der Waals surface area contributed by atoms with Gasteiger partial charge in [-0.25, -0.2) is 4.79 Å². The molecule has 0 aliphatic carbocycles. The van der Waals surface area contributed by atoms with Crippen molar-refractivity contribution in [3.8, 4) is 0 Å². The van der Waals surface area contributed by atoms with E-state index < -0.39 is 0 Å². The van der Waals surface area contributed by atoms with Crippen LogP contribution in [0.25, 0.3) is 0 Å². The van der Waals surface area contributed by atoms with Gasteiger partial charge >= 0.3 is 6.03 Å². The van der Waals surface area contributed by atoms with Gasteiger partial charge in [0.2, 0.25) is 0 Å². The lowest BCUT2D eigenvalue weighted by atomic mass is 9.99. The second-order valence-corrected chi connectivity index (χ2v) is 6.12. The van der Waals surface area contributed by atoms with Crippen LogP contribution in [0.15, 0.2) is 24.3 Å². The van der Waals surface area contributed by atoms with E-state index in [-0.39, 0.29) is 18.2 Å². The zero-order valence-corrected chi connectivity index (χ0v) is 14.3. The number of nitrogens with one attached hydrogen (secondary N) is 1. The summed E-state index contributed by atoms with van der Waals surface area (Å²) in [4.78, 5) is 14.2. The normalized spacial score (nSPS) is 20.0. The van der Waals surface area contributed by atoms with Gasteiger partial charge in [0.1, 0.15) is 0 Å². The molecule has 2 rings (SSSR count). The van der Waals surface area contributed by atoms with E-state index in [1.54, 1.807) is 7.11 Å². The average Bonchev–Trinajstić information content (AvgIpc) is 2.84. The van der Waals surface area contributed by atoms with Crippen molar-refractivity contribution in [2.75, 3.05) is 26.7 Å². The van der Waals surface area contributed by atoms with Gasteiger partial charge in [0.15, 0.2) is 0 Å². The standard InChI is InChI=1S/C18H29N3O2/c1-3-14-7-4-5-9-16(14)17(19)13-20-18(22)21-11-6-8-15(23-2)10-12-21/h4-5,7,9,15,17H,3,6,8,10-13,19H2,1-2H3,(H,20,22). The first-order valence-corrected chi connectivity index (χ1v) is 8.54. The summed E-state index contributed by atoms with van der Waals surface area (Å²) in [5.74, 6) is 0. The molecule has 1 heterocycles. The number of carbonyl (C=O) groups excluding carboxylic acids is 1. The smallest absolute Gasteiger partial charge is 0.317 e. The van der Waals surface area contributed by atoms with E-state index in [4.69, 9.17) is 10.5 Å². The van der Waals surface area contributed by atoms with Gasteiger partial charge in [-0.05, 0) is 36.8 Å². The maximum Gasteiger partial charge on any atom is 0.317 e. The second-order valence-electron chi connectivity index (χ2n) is 6.12. The van der Waals surface area contributed by atoms with Crippen molar-refractivity contribution in [3.63, 3.8) is 0 Å². The highest BCUT2D eigenvalue weighted by Crippen LogP contribution is 2.17. The SMILES string of the molecule is CCc1ccccc1C(N)CNC(=O)N1CCCC(OC)CC1. The van der Waals surface area contributed by atoms with Crippen molar-refractivity contribution in [3.05, 3.63) is 35.4 Å². The Morgan fingerprint density at radius 1 is 1.39 bits per heavy atom. The molecule has 1 aromatic rings. The molecule has 3 N–H and O–H groups in total. The molecule has 5 heteroatoms. The highest BCUT2D eigenvalue weighted by atomic mass is 16.5. The highest BCUT2D eigenvalue weighted by Gasteiger charge is 2.21. The van der Waals surface area contributed by atoms with E-state index in [2.05, 4.69) is 18.3 Å². The largest absolute Gasteiger partial charge is 0.381 e. The van der Waals surface area contributed by atoms with Gasteiger partial charge in [0.25, 0.3) is 0 Å². The summed E-state index contributed by atoms with van der Waals surface area (Å²) in [7, 11) is 1.74. The number of rotatable bonds is 5. The Hall–Kier alpha value is -1.59. The van der Waals surface area contributed by atoms with Gasteiger partial charge in [0, 0.05) is 32.8 Å². The van der Waals surface area contributed by atoms with Gasteiger partial charge < -0.3 is 20.7 Å². The molecule has 1 saturated heterocycles. The van der Waals surface area contributed by atoms with Crippen LogP contribution in [0.1, 0.15) is 43.4 Å². The summed E-state index contributed by atoms with van der Waals surface area (Å²) in [5.41, 5.74) is 8.63. The highest BCUT2D eigenvalue weighted by molar-refractivity contribution is 5.74. The van der Waals surface area contributed by atoms with E-state index in [0.717, 1.165) is 44.3 Å². The fourth-order valence-electron chi connectivity index (χ4n) is 3.14. The molecule has 128 valence electrons. The van der Waals surface area contributed by atoms with Crippen LogP contribution in [0.2, 0.25) is 0 Å². The molecule has 1 aliphatic rings. The van der Waals surface area contributed by atoms with E-state index in [0.29, 0.717) is 6.54 Å². The van der Waals surface area contributed by atoms with Crippen LogP contribution in [-0.4, -0.2) is 43.8 Å². The molecular formula is C18H29N3O2. The molecule has 2 amide bonds. The number of nitrogens with two attached hydrogens (primary N) is 1. The molecule has 0 aromatic heterocycles. The van der Waals surface area contributed by atoms with Crippen molar-refractivity contribution in [1.82, 2.24) is 10.2 Å². The maximum absolute atomic E-state index is 12.4. The Labute approximate surface area is 139 Å². The zero-order chi connectivity index (χ0) is 16.7. The number of carbonyl (C=O) groups is 1. The van der Waals surface area contributed by atoms with Crippen LogP contribution in [0.5, 0.6) is 0 Å². The molecule has 1 fully saturated rings. The minimum Gasteiger partial charge on any atom is -0.381 e. The third-order valence-electron chi connectivity index (χ3n) is 4.60. The number of ether oxygens (including phenoxy) is 1. The Kier molecular flexibility index (Phi) is 6.86. The van der Waals surface area contributed by atoms with Gasteiger partial charge in [0.05, 0.1) is 6.10 Å². The first-order valence-electron chi connectivity index (χ1n) is 8.54. The lowest BCUT2D eigenvalue weighted by Gasteiger charge is -2.23. The van der Waals surface area contributed by atoms with E-state index in [9.17, 15) is 4.79 Å². The predicted octanol–water partition coefficient (Wildman–Crippen LogP) is 2.46. The first kappa shape index (κ1) is 17.8. The van der Waals surface area contributed by atoms with Crippen LogP contribution in [0.4, 0.5) is 4.79 Å². The molecule has 0 bridgehead atoms. The van der Waals surface area contributed by atoms with Crippen molar-refractivity contribution in [2.45, 2.75) is 44.8 Å². The summed E-state index contributed by atoms with van der Waals surface area (Å²) in [6.07, 6.45) is 4.11. The summed E-state index contributed by atoms with van der Waals surface area (Å²) in [6.45, 7) is 4.10. The van der Waals surface area contributed by atoms with Crippen molar-refractivity contribution >= 4 is 6.03 Å². The number of amides is 2. The minimum absolute atomic E-state index is 0.0221. The fourth-order valence-corrected chi connectivity index (χ4v) is 3.14. The number of nitrogens with zero attached hydrogens (tertiary/aromatic N) is 1. The van der Waals surface area contributed by atoms with Gasteiger partial charge in [-0.2, -0.15) is 0 Å². The molecule has 1 aliphatic heterocycles. The number of benzene rings is 1. The van der Waals surface area contributed by atoms with Gasteiger partial charge in [-0.3, -0.25) is 0 Å². The molecule has 1 aromatic carbocycles. The molecule has 23 heavy (non-hydrogen) atoms. The van der Waals surface area contributed by atoms with E-state index >= 15 is 0 Å². The summed E-state index contributed by atoms with van der Waals surface area (Å²) in [5, 5.41) is 2.98. The first-order chi connectivity index (χ1) is 11.2. The quantitative estimate of drug-likeness (QED) is 0.876. The Morgan fingerprint density at radius 3 is 2.91 bits per heavy atom. The van der Waals surface area contributed by atoms with Gasteiger partial charge in [-0.1, -0.05) is 31.2 Å². The molecule has 2 atom stereocenters. The Balaban J connectivity index is 1.86. The minimum atomic E-state index is -0.172. The van der Waals surface area contributed by atoms with Crippen molar-refractivity contribution in [2.24, 2.45) is 5.73 Å². The Bertz CT molecular complexity index is 507. The molecule has 5 nitrogen and oxygen atoms in total. The summed E-state index contributed by atoms with van der Waals surface area (Å²) in [6, 6.07) is 7.97. The van der Waals surface area contributed by atoms with E-state index in [1.807, 2.05) is 23.1 Å². The predicted molar refractivity (Wildman–Crippen MR) is 92.4 cm³/mol. The molecule has 0 saturated carbocycles. The fraction of sp³-hybridized carbons (Fsp3) is 0.611. The zero-order valence-electron chi connectivity index (χ0n) is 14.3. The van der Waals surface area contributed by atoms with Gasteiger partial charge in [-0.15, -0.1) is 0 Å². The number of methoxy groups -OCH3 is 1. The number of likely N-dealkylation sites (tertiary alicyclic amines) is 1. The summed E-state index contributed by atoms with van der Waals surface area (Å²) >= 11 is 0. The van der Waals surface area contributed by atoms with Crippen LogP contribution in [0.3, 0.4) is 0 Å². The lowest BCUT2D eigenvalue weighted by Crippen LogP contribution is -2.43. The van der Waals surface area contributed by atoms with Crippen LogP contribution >= 0.6 is 0 Å². The maximum atomic E-state index is 12.4. The monoisotopic (exact) mass is 319 g/mol. The van der Waals surface area contributed by atoms with Crippen molar-refractivity contribution in [1.29, 1.82) is 0 Å². The molecule has 2 unspecified atom stereocenters. The second kappa shape index (κ2) is 8.89. The molecule has 0 radical (unpaired) electrons. The third kappa shape index (κ3) is 4.94. The average molecular weight is 319 g/mol. The van der Waals surface area contributed by atoms with E-state index in [1.165, 1.54) is 5.56 Å². The summed E-state index contributed by atoms with van der Waals surface area (Å²) < 4.78 is 5.40. The number of urea groups is 1.